The maximum absolute atomic E-state index is 10.0. The molecule has 17 heavy (non-hydrogen) atoms. The summed E-state index contributed by atoms with van der Waals surface area (Å²) < 4.78 is 0. The van der Waals surface area contributed by atoms with Crippen molar-refractivity contribution in [2.75, 3.05) is 6.61 Å². The van der Waals surface area contributed by atoms with Crippen molar-refractivity contribution in [2.24, 2.45) is 0 Å². The van der Waals surface area contributed by atoms with Crippen LogP contribution in [0.3, 0.4) is 0 Å². The molecule has 1 heterocycles. The highest BCUT2D eigenvalue weighted by Crippen LogP contribution is 2.26. The van der Waals surface area contributed by atoms with Crippen LogP contribution < -0.4 is 0 Å². The largest absolute Gasteiger partial charge is 0.396 e. The summed E-state index contributed by atoms with van der Waals surface area (Å²) in [5, 5.41) is 30.3. The molecule has 0 aliphatic rings. The van der Waals surface area contributed by atoms with E-state index in [0.29, 0.717) is 5.56 Å². The van der Waals surface area contributed by atoms with Crippen LogP contribution in [0, 0.1) is 0 Å². The average molecular weight is 233 g/mol. The van der Waals surface area contributed by atoms with Crippen molar-refractivity contribution < 1.29 is 15.3 Å². The molecule has 2 aromatic rings. The van der Waals surface area contributed by atoms with E-state index in [1.54, 1.807) is 18.5 Å². The maximum atomic E-state index is 10.0. The number of benzene rings is 1. The molecule has 1 aromatic heterocycles. The highest BCUT2D eigenvalue weighted by Gasteiger charge is 2.19. The van der Waals surface area contributed by atoms with Crippen LogP contribution in [0.5, 0.6) is 0 Å². The molecule has 0 radical (unpaired) electrons. The molecule has 1 aromatic carbocycles. The number of fused-ring (bicyclic) bond motifs is 1. The van der Waals surface area contributed by atoms with E-state index in [4.69, 9.17) is 5.11 Å². The molecule has 0 aliphatic heterocycles. The van der Waals surface area contributed by atoms with Crippen LogP contribution in [0.1, 0.15) is 18.1 Å². The van der Waals surface area contributed by atoms with E-state index in [1.165, 1.54) is 0 Å². The molecular weight excluding hydrogens is 218 g/mol. The summed E-state index contributed by atoms with van der Waals surface area (Å²) in [7, 11) is 0. The number of aliphatic hydroxyl groups excluding tert-OH is 3. The van der Waals surface area contributed by atoms with Crippen molar-refractivity contribution in [1.29, 1.82) is 0 Å². The molecule has 3 N–H and O–H groups in total. The van der Waals surface area contributed by atoms with Crippen molar-refractivity contribution in [3.63, 3.8) is 0 Å². The number of nitrogens with zero attached hydrogens (tertiary/aromatic N) is 1. The molecule has 2 atom stereocenters. The zero-order chi connectivity index (χ0) is 12.3. The minimum atomic E-state index is -1.00. The highest BCUT2D eigenvalue weighted by molar-refractivity contribution is 5.85. The van der Waals surface area contributed by atoms with Gasteiger partial charge in [0, 0.05) is 24.4 Å². The van der Waals surface area contributed by atoms with E-state index in [-0.39, 0.29) is 13.0 Å². The summed E-state index contributed by atoms with van der Waals surface area (Å²) in [5.74, 6) is 0. The van der Waals surface area contributed by atoms with E-state index < -0.39 is 12.2 Å². The van der Waals surface area contributed by atoms with Gasteiger partial charge in [0.05, 0.1) is 6.10 Å². The Morgan fingerprint density at radius 3 is 2.76 bits per heavy atom. The Labute approximate surface area is 99.2 Å². The first-order valence-corrected chi connectivity index (χ1v) is 5.53. The van der Waals surface area contributed by atoms with Crippen molar-refractivity contribution in [3.05, 3.63) is 42.2 Å². The van der Waals surface area contributed by atoms with Crippen LogP contribution in [0.15, 0.2) is 36.7 Å². The first-order chi connectivity index (χ1) is 8.24. The molecule has 90 valence electrons. The molecule has 0 amide bonds. The smallest absolute Gasteiger partial charge is 0.106 e. The minimum Gasteiger partial charge on any atom is -0.396 e. The Kier molecular flexibility index (Phi) is 3.68. The van der Waals surface area contributed by atoms with Gasteiger partial charge in [-0.1, -0.05) is 18.2 Å². The molecule has 4 nitrogen and oxygen atoms in total. The number of aromatic nitrogens is 1. The summed E-state index contributed by atoms with van der Waals surface area (Å²) in [5.41, 5.74) is 0.636. The fraction of sp³-hybridized carbons (Fsp3) is 0.308. The molecule has 0 spiro atoms. The van der Waals surface area contributed by atoms with Crippen molar-refractivity contribution >= 4 is 10.8 Å². The number of hydrogen-bond donors (Lipinski definition) is 3. The Hall–Kier alpha value is -1.49. The molecule has 0 aliphatic carbocycles. The molecule has 4 heteroatoms. The van der Waals surface area contributed by atoms with Gasteiger partial charge in [0.2, 0.25) is 0 Å². The van der Waals surface area contributed by atoms with Crippen LogP contribution >= 0.6 is 0 Å². The van der Waals surface area contributed by atoms with Gasteiger partial charge in [0.15, 0.2) is 0 Å². The fourth-order valence-electron chi connectivity index (χ4n) is 1.89. The van der Waals surface area contributed by atoms with Gasteiger partial charge in [-0.25, -0.2) is 0 Å². The third-order valence-electron chi connectivity index (χ3n) is 2.83. The second-order valence-corrected chi connectivity index (χ2v) is 3.97. The van der Waals surface area contributed by atoms with Gasteiger partial charge in [0.1, 0.15) is 6.10 Å². The predicted molar refractivity (Wildman–Crippen MR) is 64.4 cm³/mol. The Morgan fingerprint density at radius 2 is 2.00 bits per heavy atom. The van der Waals surface area contributed by atoms with Gasteiger partial charge < -0.3 is 15.3 Å². The lowest BCUT2D eigenvalue weighted by atomic mass is 9.97. The molecule has 2 unspecified atom stereocenters. The Morgan fingerprint density at radius 1 is 1.18 bits per heavy atom. The third kappa shape index (κ3) is 2.44. The summed E-state index contributed by atoms with van der Waals surface area (Å²) in [6.45, 7) is -0.152. The van der Waals surface area contributed by atoms with Gasteiger partial charge >= 0.3 is 0 Å². The topological polar surface area (TPSA) is 73.6 Å². The summed E-state index contributed by atoms with van der Waals surface area (Å²) in [6, 6.07) is 7.36. The minimum absolute atomic E-state index is 0.151. The van der Waals surface area contributed by atoms with Gasteiger partial charge in [0.25, 0.3) is 0 Å². The molecule has 0 bridgehead atoms. The quantitative estimate of drug-likeness (QED) is 0.737. The second-order valence-electron chi connectivity index (χ2n) is 3.97. The SMILES string of the molecule is OCCC(O)C(O)c1cccc2ccncc12. The molecular formula is C13H15NO3. The molecule has 0 saturated carbocycles. The lowest BCUT2D eigenvalue weighted by molar-refractivity contribution is 0.00500. The van der Waals surface area contributed by atoms with Crippen LogP contribution in [0.2, 0.25) is 0 Å². The van der Waals surface area contributed by atoms with E-state index >= 15 is 0 Å². The van der Waals surface area contributed by atoms with E-state index in [2.05, 4.69) is 4.98 Å². The lowest BCUT2D eigenvalue weighted by Gasteiger charge is -2.18. The van der Waals surface area contributed by atoms with Crippen LogP contribution in [-0.2, 0) is 0 Å². The number of pyridine rings is 1. The van der Waals surface area contributed by atoms with E-state index in [9.17, 15) is 10.2 Å². The normalized spacial score (nSPS) is 14.8. The number of hydrogen-bond acceptors (Lipinski definition) is 4. The van der Waals surface area contributed by atoms with Crippen LogP contribution in [0.25, 0.3) is 10.8 Å². The predicted octanol–water partition coefficient (Wildman–Crippen LogP) is 1.01. The maximum Gasteiger partial charge on any atom is 0.106 e. The van der Waals surface area contributed by atoms with Crippen LogP contribution in [0.4, 0.5) is 0 Å². The van der Waals surface area contributed by atoms with Gasteiger partial charge in [-0.3, -0.25) is 4.98 Å². The first kappa shape index (κ1) is 12.0. The zero-order valence-corrected chi connectivity index (χ0v) is 9.32. The summed E-state index contributed by atoms with van der Waals surface area (Å²) in [4.78, 5) is 4.02. The Balaban J connectivity index is 2.41. The summed E-state index contributed by atoms with van der Waals surface area (Å²) in [6.07, 6.45) is 1.53. The molecule has 0 fully saturated rings. The number of aliphatic hydroxyl groups is 3. The zero-order valence-electron chi connectivity index (χ0n) is 9.32. The third-order valence-corrected chi connectivity index (χ3v) is 2.83. The van der Waals surface area contributed by atoms with Crippen molar-refractivity contribution in [1.82, 2.24) is 4.98 Å². The molecule has 0 saturated heterocycles. The van der Waals surface area contributed by atoms with Crippen LogP contribution in [-0.4, -0.2) is 33.0 Å². The molecule has 2 rings (SSSR count). The first-order valence-electron chi connectivity index (χ1n) is 5.53. The lowest BCUT2D eigenvalue weighted by Crippen LogP contribution is -2.19. The monoisotopic (exact) mass is 233 g/mol. The average Bonchev–Trinajstić information content (AvgIpc) is 2.37. The Bertz CT molecular complexity index is 495. The van der Waals surface area contributed by atoms with Crippen molar-refractivity contribution in [3.8, 4) is 0 Å². The highest BCUT2D eigenvalue weighted by atomic mass is 16.3. The van der Waals surface area contributed by atoms with Gasteiger partial charge in [-0.05, 0) is 23.4 Å². The number of rotatable bonds is 4. The van der Waals surface area contributed by atoms with Gasteiger partial charge in [-0.2, -0.15) is 0 Å². The summed E-state index contributed by atoms with van der Waals surface area (Å²) >= 11 is 0. The standard InChI is InChI=1S/C13H15NO3/c15-7-5-12(16)13(17)10-3-1-2-9-4-6-14-8-11(9)10/h1-4,6,8,12-13,15-17H,5,7H2. The van der Waals surface area contributed by atoms with Gasteiger partial charge in [-0.15, -0.1) is 0 Å². The second kappa shape index (κ2) is 5.23. The fourth-order valence-corrected chi connectivity index (χ4v) is 1.89. The van der Waals surface area contributed by atoms with E-state index in [1.807, 2.05) is 18.2 Å². The van der Waals surface area contributed by atoms with Crippen molar-refractivity contribution in [2.45, 2.75) is 18.6 Å². The van der Waals surface area contributed by atoms with E-state index in [0.717, 1.165) is 10.8 Å².